The fraction of sp³-hybridized carbons (Fsp3) is 0.400. The maximum Gasteiger partial charge on any atom is 0.106 e. The Kier molecular flexibility index (Phi) is 3.96. The molecule has 0 spiro atoms. The van der Waals surface area contributed by atoms with Crippen molar-refractivity contribution in [3.8, 4) is 0 Å². The first-order valence-corrected chi connectivity index (χ1v) is 7.60. The number of benzene rings is 1. The lowest BCUT2D eigenvalue weighted by atomic mass is 10.0. The number of hydrogen-bond acceptors (Lipinski definition) is 2. The van der Waals surface area contributed by atoms with E-state index in [1.807, 2.05) is 24.4 Å². The number of hydrogen-bond donors (Lipinski definition) is 1. The summed E-state index contributed by atoms with van der Waals surface area (Å²) in [5.41, 5.74) is 7.77. The number of para-hydroxylation sites is 1. The Labute approximate surface area is 128 Å². The van der Waals surface area contributed by atoms with Crippen LogP contribution in [0.1, 0.15) is 18.4 Å². The highest BCUT2D eigenvalue weighted by Crippen LogP contribution is 2.30. The SMILES string of the molecule is NC(=S)c1cn(CC2CCOCC2)c2c(Cl)cccc12. The lowest BCUT2D eigenvalue weighted by Crippen LogP contribution is -2.20. The standard InChI is InChI=1S/C15H17ClN2OS/c16-13-3-1-2-11-12(15(17)20)9-18(14(11)13)8-10-4-6-19-7-5-10/h1-3,9-10H,4-8H2,(H2,17,20). The van der Waals surface area contributed by atoms with Gasteiger partial charge in [-0.15, -0.1) is 0 Å². The van der Waals surface area contributed by atoms with Crippen molar-refractivity contribution < 1.29 is 4.74 Å². The molecule has 0 aliphatic carbocycles. The molecule has 0 saturated carbocycles. The van der Waals surface area contributed by atoms with Crippen molar-refractivity contribution in [2.45, 2.75) is 19.4 Å². The highest BCUT2D eigenvalue weighted by atomic mass is 35.5. The Morgan fingerprint density at radius 2 is 2.15 bits per heavy atom. The van der Waals surface area contributed by atoms with E-state index in [2.05, 4.69) is 4.57 Å². The summed E-state index contributed by atoms with van der Waals surface area (Å²) in [6.07, 6.45) is 4.22. The van der Waals surface area contributed by atoms with E-state index in [1.165, 1.54) is 0 Å². The van der Waals surface area contributed by atoms with Crippen LogP contribution in [0.25, 0.3) is 10.9 Å². The van der Waals surface area contributed by atoms with Crippen LogP contribution in [0.2, 0.25) is 5.02 Å². The summed E-state index contributed by atoms with van der Waals surface area (Å²) in [7, 11) is 0. The van der Waals surface area contributed by atoms with Gasteiger partial charge in [-0.1, -0.05) is 36.0 Å². The molecule has 0 amide bonds. The highest BCUT2D eigenvalue weighted by molar-refractivity contribution is 7.80. The van der Waals surface area contributed by atoms with Gasteiger partial charge >= 0.3 is 0 Å². The van der Waals surface area contributed by atoms with Crippen LogP contribution in [0.5, 0.6) is 0 Å². The van der Waals surface area contributed by atoms with Crippen molar-refractivity contribution in [3.63, 3.8) is 0 Å². The van der Waals surface area contributed by atoms with E-state index in [-0.39, 0.29) is 0 Å². The number of nitrogens with zero attached hydrogens (tertiary/aromatic N) is 1. The van der Waals surface area contributed by atoms with Crippen molar-refractivity contribution in [3.05, 3.63) is 35.0 Å². The Balaban J connectivity index is 2.03. The van der Waals surface area contributed by atoms with Gasteiger partial charge in [0.05, 0.1) is 10.5 Å². The first kappa shape index (κ1) is 13.9. The van der Waals surface area contributed by atoms with Gasteiger partial charge in [0.15, 0.2) is 0 Å². The van der Waals surface area contributed by atoms with Crippen LogP contribution in [0, 0.1) is 5.92 Å². The Bertz CT molecular complexity index is 647. The second-order valence-electron chi connectivity index (χ2n) is 5.25. The monoisotopic (exact) mass is 308 g/mol. The van der Waals surface area contributed by atoms with Crippen LogP contribution in [0.3, 0.4) is 0 Å². The molecule has 1 aromatic heterocycles. The van der Waals surface area contributed by atoms with E-state index in [0.717, 1.165) is 54.1 Å². The minimum atomic E-state index is 0.419. The molecule has 3 rings (SSSR count). The number of ether oxygens (including phenoxy) is 1. The molecule has 0 atom stereocenters. The van der Waals surface area contributed by atoms with E-state index in [4.69, 9.17) is 34.3 Å². The topological polar surface area (TPSA) is 40.2 Å². The van der Waals surface area contributed by atoms with Crippen LogP contribution in [-0.4, -0.2) is 22.8 Å². The summed E-state index contributed by atoms with van der Waals surface area (Å²) >= 11 is 11.5. The van der Waals surface area contributed by atoms with Gasteiger partial charge in [-0.05, 0) is 24.8 Å². The summed E-state index contributed by atoms with van der Waals surface area (Å²) < 4.78 is 7.61. The summed E-state index contributed by atoms with van der Waals surface area (Å²) in [6, 6.07) is 5.87. The molecule has 106 valence electrons. The van der Waals surface area contributed by atoms with Crippen LogP contribution in [-0.2, 0) is 11.3 Å². The first-order chi connectivity index (χ1) is 9.66. The van der Waals surface area contributed by atoms with E-state index < -0.39 is 0 Å². The van der Waals surface area contributed by atoms with Gasteiger partial charge < -0.3 is 15.0 Å². The van der Waals surface area contributed by atoms with Gasteiger partial charge in [0.1, 0.15) is 4.99 Å². The van der Waals surface area contributed by atoms with Gasteiger partial charge in [0.25, 0.3) is 0 Å². The average Bonchev–Trinajstić information content (AvgIpc) is 2.80. The molecule has 2 N–H and O–H groups in total. The number of fused-ring (bicyclic) bond motifs is 1. The molecular formula is C15H17ClN2OS. The number of halogens is 1. The zero-order valence-electron chi connectivity index (χ0n) is 11.1. The van der Waals surface area contributed by atoms with Crippen LogP contribution < -0.4 is 5.73 Å². The predicted molar refractivity (Wildman–Crippen MR) is 86.4 cm³/mol. The number of rotatable bonds is 3. The van der Waals surface area contributed by atoms with Gasteiger partial charge in [-0.25, -0.2) is 0 Å². The van der Waals surface area contributed by atoms with Crippen LogP contribution in [0.4, 0.5) is 0 Å². The minimum Gasteiger partial charge on any atom is -0.389 e. The molecule has 0 radical (unpaired) electrons. The minimum absolute atomic E-state index is 0.419. The molecular weight excluding hydrogens is 292 g/mol. The van der Waals surface area contributed by atoms with E-state index in [9.17, 15) is 0 Å². The van der Waals surface area contributed by atoms with E-state index in [1.54, 1.807) is 0 Å². The summed E-state index contributed by atoms with van der Waals surface area (Å²) in [5, 5.41) is 1.79. The van der Waals surface area contributed by atoms with Crippen molar-refractivity contribution in [1.29, 1.82) is 0 Å². The molecule has 2 heterocycles. The Morgan fingerprint density at radius 1 is 1.40 bits per heavy atom. The number of thiocarbonyl (C=S) groups is 1. The fourth-order valence-corrected chi connectivity index (χ4v) is 3.31. The van der Waals surface area contributed by atoms with Crippen molar-refractivity contribution in [2.24, 2.45) is 11.7 Å². The maximum atomic E-state index is 6.37. The quantitative estimate of drug-likeness (QED) is 0.884. The van der Waals surface area contributed by atoms with Gasteiger partial charge in [0.2, 0.25) is 0 Å². The largest absolute Gasteiger partial charge is 0.389 e. The molecule has 0 unspecified atom stereocenters. The summed E-state index contributed by atoms with van der Waals surface area (Å²) in [5.74, 6) is 0.620. The molecule has 1 aromatic carbocycles. The molecule has 0 bridgehead atoms. The highest BCUT2D eigenvalue weighted by Gasteiger charge is 2.18. The lowest BCUT2D eigenvalue weighted by molar-refractivity contribution is 0.0616. The van der Waals surface area contributed by atoms with Gasteiger partial charge in [-0.2, -0.15) is 0 Å². The molecule has 1 aliphatic rings. The number of nitrogens with two attached hydrogens (primary N) is 1. The normalized spacial score (nSPS) is 16.6. The Hall–Kier alpha value is -1.10. The third kappa shape index (κ3) is 2.55. The summed E-state index contributed by atoms with van der Waals surface area (Å²) in [6.45, 7) is 2.63. The maximum absolute atomic E-state index is 6.37. The molecule has 20 heavy (non-hydrogen) atoms. The molecule has 2 aromatic rings. The lowest BCUT2D eigenvalue weighted by Gasteiger charge is -2.23. The van der Waals surface area contributed by atoms with Crippen molar-refractivity contribution in [1.82, 2.24) is 4.57 Å². The van der Waals surface area contributed by atoms with Crippen molar-refractivity contribution >= 4 is 39.7 Å². The first-order valence-electron chi connectivity index (χ1n) is 6.81. The van der Waals surface area contributed by atoms with Crippen LogP contribution >= 0.6 is 23.8 Å². The zero-order chi connectivity index (χ0) is 14.1. The molecule has 1 saturated heterocycles. The average molecular weight is 309 g/mol. The van der Waals surface area contributed by atoms with Gasteiger partial charge in [-0.3, -0.25) is 0 Å². The van der Waals surface area contributed by atoms with E-state index in [0.29, 0.717) is 10.9 Å². The smallest absolute Gasteiger partial charge is 0.106 e. The summed E-state index contributed by atoms with van der Waals surface area (Å²) in [4.78, 5) is 0.419. The third-order valence-electron chi connectivity index (χ3n) is 3.91. The van der Waals surface area contributed by atoms with Crippen LogP contribution in [0.15, 0.2) is 24.4 Å². The fourth-order valence-electron chi connectivity index (χ4n) is 2.86. The van der Waals surface area contributed by atoms with E-state index >= 15 is 0 Å². The molecule has 1 aliphatic heterocycles. The third-order valence-corrected chi connectivity index (χ3v) is 4.44. The Morgan fingerprint density at radius 3 is 2.85 bits per heavy atom. The van der Waals surface area contributed by atoms with Crippen molar-refractivity contribution in [2.75, 3.05) is 13.2 Å². The second-order valence-corrected chi connectivity index (χ2v) is 6.10. The predicted octanol–water partition coefficient (Wildman–Crippen LogP) is 3.36. The molecule has 5 heteroatoms. The zero-order valence-corrected chi connectivity index (χ0v) is 12.7. The molecule has 1 fully saturated rings. The second kappa shape index (κ2) is 5.72. The number of aromatic nitrogens is 1. The molecule has 3 nitrogen and oxygen atoms in total. The van der Waals surface area contributed by atoms with Gasteiger partial charge in [0, 0.05) is 36.9 Å².